The first-order valence-corrected chi connectivity index (χ1v) is 13.0. The number of aryl methyl sites for hydroxylation is 1. The molecule has 10 heteroatoms. The molecule has 0 aliphatic carbocycles. The second-order valence-corrected chi connectivity index (χ2v) is 9.89. The molecule has 9 nitrogen and oxygen atoms in total. The molecule has 1 unspecified atom stereocenters. The first-order valence-electron chi connectivity index (χ1n) is 13.0. The number of nitriles is 1. The average Bonchev–Trinajstić information content (AvgIpc) is 3.44. The van der Waals surface area contributed by atoms with Gasteiger partial charge in [-0.1, -0.05) is 12.1 Å². The van der Waals surface area contributed by atoms with Crippen molar-refractivity contribution in [1.29, 1.82) is 5.26 Å². The molecule has 2 saturated heterocycles. The van der Waals surface area contributed by atoms with Crippen molar-refractivity contribution in [2.24, 2.45) is 0 Å². The van der Waals surface area contributed by atoms with Gasteiger partial charge in [-0.2, -0.15) is 10.2 Å². The Balaban J connectivity index is 1.07. The Bertz CT molecular complexity index is 1480. The van der Waals surface area contributed by atoms with Crippen LogP contribution in [0.3, 0.4) is 0 Å². The number of anilines is 1. The first kappa shape index (κ1) is 24.4. The zero-order valence-electron chi connectivity index (χ0n) is 21.4. The number of fused-ring (bicyclic) bond motifs is 1. The molecular formula is C28H30FN7O2. The summed E-state index contributed by atoms with van der Waals surface area (Å²) in [5.41, 5.74) is 3.06. The summed E-state index contributed by atoms with van der Waals surface area (Å²) < 4.78 is 30.2. The molecule has 0 radical (unpaired) electrons. The molecule has 3 aromatic heterocycles. The molecule has 6 rings (SSSR count). The molecule has 0 spiro atoms. The summed E-state index contributed by atoms with van der Waals surface area (Å²) in [5, 5.41) is 8.92. The lowest BCUT2D eigenvalue weighted by atomic mass is 10.1. The quantitative estimate of drug-likeness (QED) is 0.355. The number of rotatable bonds is 8. The number of hydrogen-bond donors (Lipinski definition) is 0. The van der Waals surface area contributed by atoms with Crippen molar-refractivity contribution in [2.75, 3.05) is 37.7 Å². The topological polar surface area (TPSA) is 83.9 Å². The highest BCUT2D eigenvalue weighted by atomic mass is 19.1. The summed E-state index contributed by atoms with van der Waals surface area (Å²) in [6, 6.07) is 12.0. The number of ether oxygens (including phenoxy) is 2. The Labute approximate surface area is 220 Å². The van der Waals surface area contributed by atoms with Crippen molar-refractivity contribution in [3.05, 3.63) is 77.1 Å². The van der Waals surface area contributed by atoms with Crippen molar-refractivity contribution in [3.8, 4) is 11.9 Å². The van der Waals surface area contributed by atoms with Crippen LogP contribution in [0.25, 0.3) is 5.78 Å². The number of hydrogen-bond acceptors (Lipinski definition) is 7. The van der Waals surface area contributed by atoms with E-state index in [4.69, 9.17) is 14.7 Å². The Morgan fingerprint density at radius 1 is 1.18 bits per heavy atom. The van der Waals surface area contributed by atoms with Crippen LogP contribution in [0, 0.1) is 24.1 Å². The van der Waals surface area contributed by atoms with Crippen LogP contribution in [0.4, 0.5) is 10.2 Å². The van der Waals surface area contributed by atoms with E-state index in [2.05, 4.69) is 41.9 Å². The van der Waals surface area contributed by atoms with Crippen LogP contribution in [-0.2, 0) is 24.4 Å². The highest BCUT2D eigenvalue weighted by Gasteiger charge is 2.24. The van der Waals surface area contributed by atoms with Crippen LogP contribution in [0.2, 0.25) is 0 Å². The molecule has 0 N–H and O–H groups in total. The second kappa shape index (κ2) is 10.4. The van der Waals surface area contributed by atoms with Gasteiger partial charge in [0.2, 0.25) is 11.7 Å². The third-order valence-electron chi connectivity index (χ3n) is 7.36. The van der Waals surface area contributed by atoms with Gasteiger partial charge in [0.05, 0.1) is 36.2 Å². The molecule has 38 heavy (non-hydrogen) atoms. The molecule has 1 atom stereocenters. The maximum absolute atomic E-state index is 14.2. The highest BCUT2D eigenvalue weighted by molar-refractivity contribution is 5.42. The van der Waals surface area contributed by atoms with Crippen LogP contribution < -0.4 is 9.64 Å². The zero-order valence-corrected chi connectivity index (χ0v) is 21.4. The minimum Gasteiger partial charge on any atom is -0.473 e. The predicted octanol–water partition coefficient (Wildman–Crippen LogP) is 3.54. The Kier molecular flexibility index (Phi) is 6.70. The number of benzene rings is 1. The maximum atomic E-state index is 14.2. The van der Waals surface area contributed by atoms with Gasteiger partial charge in [0, 0.05) is 62.9 Å². The minimum atomic E-state index is -0.453. The van der Waals surface area contributed by atoms with Crippen molar-refractivity contribution in [1.82, 2.24) is 23.8 Å². The van der Waals surface area contributed by atoms with E-state index in [0.717, 1.165) is 69.6 Å². The van der Waals surface area contributed by atoms with Crippen LogP contribution in [0.5, 0.6) is 5.88 Å². The van der Waals surface area contributed by atoms with Crippen LogP contribution in [-0.4, -0.2) is 62.7 Å². The van der Waals surface area contributed by atoms with E-state index in [1.165, 1.54) is 11.8 Å². The number of piperazine rings is 1. The molecule has 0 bridgehead atoms. The summed E-state index contributed by atoms with van der Waals surface area (Å²) in [4.78, 5) is 14.0. The highest BCUT2D eigenvalue weighted by Crippen LogP contribution is 2.23. The molecule has 0 saturated carbocycles. The first-order chi connectivity index (χ1) is 18.6. The van der Waals surface area contributed by atoms with Gasteiger partial charge in [0.25, 0.3) is 0 Å². The lowest BCUT2D eigenvalue weighted by Crippen LogP contribution is -2.46. The van der Waals surface area contributed by atoms with Crippen LogP contribution >= 0.6 is 0 Å². The fourth-order valence-electron chi connectivity index (χ4n) is 5.01. The van der Waals surface area contributed by atoms with Gasteiger partial charge in [-0.25, -0.2) is 9.37 Å². The minimum absolute atomic E-state index is 0.0518. The van der Waals surface area contributed by atoms with Gasteiger partial charge in [0.1, 0.15) is 18.2 Å². The normalized spacial score (nSPS) is 17.9. The van der Waals surface area contributed by atoms with Gasteiger partial charge in [0.15, 0.2) is 0 Å². The van der Waals surface area contributed by atoms with Gasteiger partial charge >= 0.3 is 0 Å². The molecule has 4 aromatic rings. The summed E-state index contributed by atoms with van der Waals surface area (Å²) in [5.74, 6) is 1.82. The second-order valence-electron chi connectivity index (χ2n) is 9.89. The number of imidazole rings is 2. The van der Waals surface area contributed by atoms with Gasteiger partial charge in [-0.3, -0.25) is 9.30 Å². The van der Waals surface area contributed by atoms with E-state index in [0.29, 0.717) is 11.4 Å². The van der Waals surface area contributed by atoms with Crippen molar-refractivity contribution < 1.29 is 13.9 Å². The maximum Gasteiger partial charge on any atom is 0.215 e. The van der Waals surface area contributed by atoms with Gasteiger partial charge < -0.3 is 18.9 Å². The van der Waals surface area contributed by atoms with E-state index < -0.39 is 5.82 Å². The molecule has 0 amide bonds. The van der Waals surface area contributed by atoms with Gasteiger partial charge in [-0.15, -0.1) is 0 Å². The number of pyridine rings is 1. The fraction of sp³-hybridized carbons (Fsp3) is 0.393. The van der Waals surface area contributed by atoms with Gasteiger partial charge in [-0.05, 0) is 31.5 Å². The molecule has 5 heterocycles. The third-order valence-corrected chi connectivity index (χ3v) is 7.36. The van der Waals surface area contributed by atoms with Crippen molar-refractivity contribution in [3.63, 3.8) is 0 Å². The largest absolute Gasteiger partial charge is 0.473 e. The van der Waals surface area contributed by atoms with Crippen molar-refractivity contribution in [2.45, 2.75) is 39.1 Å². The van der Waals surface area contributed by atoms with E-state index >= 15 is 0 Å². The monoisotopic (exact) mass is 515 g/mol. The molecular weight excluding hydrogens is 485 g/mol. The van der Waals surface area contributed by atoms with Crippen molar-refractivity contribution >= 4 is 11.6 Å². The average molecular weight is 516 g/mol. The molecule has 2 aliphatic rings. The van der Waals surface area contributed by atoms with E-state index in [9.17, 15) is 4.39 Å². The number of halogens is 1. The van der Waals surface area contributed by atoms with E-state index in [1.807, 2.05) is 24.4 Å². The summed E-state index contributed by atoms with van der Waals surface area (Å²) in [6.07, 6.45) is 5.50. The summed E-state index contributed by atoms with van der Waals surface area (Å²) in [7, 11) is 0. The third kappa shape index (κ3) is 4.95. The summed E-state index contributed by atoms with van der Waals surface area (Å²) >= 11 is 0. The lowest BCUT2D eigenvalue weighted by Gasteiger charge is -2.35. The lowest BCUT2D eigenvalue weighted by molar-refractivity contribution is -0.0592. The molecule has 1 aromatic carbocycles. The number of nitrogens with zero attached hydrogens (tertiary/aromatic N) is 7. The predicted molar refractivity (Wildman–Crippen MR) is 139 cm³/mol. The Hall–Kier alpha value is -3.94. The van der Waals surface area contributed by atoms with Crippen LogP contribution in [0.15, 0.2) is 48.8 Å². The molecule has 2 fully saturated rings. The smallest absolute Gasteiger partial charge is 0.215 e. The molecule has 196 valence electrons. The Morgan fingerprint density at radius 3 is 2.76 bits per heavy atom. The van der Waals surface area contributed by atoms with E-state index in [-0.39, 0.29) is 18.3 Å². The molecule has 2 aliphatic heterocycles. The van der Waals surface area contributed by atoms with E-state index in [1.54, 1.807) is 18.2 Å². The van der Waals surface area contributed by atoms with Crippen LogP contribution in [0.1, 0.15) is 28.9 Å². The standard InChI is InChI=1S/C28H30FN7O2/c1-20-15-31-28-35(20)17-23(36(28)18-24-7-12-37-24)16-33-8-10-34(11-9-33)26-3-2-4-27(32-26)38-19-22-6-5-21(14-30)13-25(22)29/h2-6,13,15,17,24H,7-12,16,18-19H2,1H3. The Morgan fingerprint density at radius 2 is 2.03 bits per heavy atom. The summed E-state index contributed by atoms with van der Waals surface area (Å²) in [6.45, 7) is 8.20. The zero-order chi connectivity index (χ0) is 26.1. The SMILES string of the molecule is Cc1cnc2n(CC3CCO3)c(CN3CCN(c4cccc(OCc5ccc(C#N)cc5F)n4)CC3)cn12. The number of aromatic nitrogens is 4. The fourth-order valence-corrected chi connectivity index (χ4v) is 5.01.